The summed E-state index contributed by atoms with van der Waals surface area (Å²) in [6, 6.07) is 55.9. The Hall–Kier alpha value is -7.63. The van der Waals surface area contributed by atoms with Gasteiger partial charge in [-0.2, -0.15) is 0 Å². The second-order valence-corrected chi connectivity index (χ2v) is 13.9. The number of hydrogen-bond acceptors (Lipinski definition) is 3. The molecule has 5 heterocycles. The minimum absolute atomic E-state index is 0.607. The number of nitrogens with one attached hydrogen (secondary N) is 2. The van der Waals surface area contributed by atoms with Crippen LogP contribution in [0, 0.1) is 0 Å². The van der Waals surface area contributed by atoms with E-state index < -0.39 is 0 Å². The molecule has 3 aromatic heterocycles. The Balaban J connectivity index is 1.45. The first-order chi connectivity index (χ1) is 27.7. The molecule has 10 rings (SSSR count). The number of carbonyl (C=O) groups is 1. The van der Waals surface area contributed by atoms with Crippen LogP contribution >= 0.6 is 0 Å². The van der Waals surface area contributed by atoms with Crippen molar-refractivity contribution < 1.29 is 4.79 Å². The fraction of sp³-hybridized carbons (Fsp3) is 0. The Kier molecular flexibility index (Phi) is 8.23. The Labute approximate surface area is 324 Å². The number of aromatic amines is 2. The Morgan fingerprint density at radius 2 is 0.786 bits per heavy atom. The van der Waals surface area contributed by atoms with Crippen molar-refractivity contribution in [3.63, 3.8) is 0 Å². The van der Waals surface area contributed by atoms with Gasteiger partial charge in [0, 0.05) is 49.9 Å². The summed E-state index contributed by atoms with van der Waals surface area (Å²) < 4.78 is 0. The number of benzene rings is 5. The highest BCUT2D eigenvalue weighted by molar-refractivity contribution is 6.04. The summed E-state index contributed by atoms with van der Waals surface area (Å²) in [4.78, 5) is 30.7. The van der Waals surface area contributed by atoms with Crippen molar-refractivity contribution in [3.05, 3.63) is 192 Å². The predicted molar refractivity (Wildman–Crippen MR) is 231 cm³/mol. The second kappa shape index (κ2) is 14.0. The second-order valence-electron chi connectivity index (χ2n) is 13.9. The highest BCUT2D eigenvalue weighted by Gasteiger charge is 2.21. The van der Waals surface area contributed by atoms with E-state index in [0.29, 0.717) is 5.56 Å². The minimum atomic E-state index is 0.607. The van der Waals surface area contributed by atoms with Gasteiger partial charge in [-0.05, 0) is 76.4 Å². The molecule has 0 spiro atoms. The molecule has 0 unspecified atom stereocenters. The average Bonchev–Trinajstić information content (AvgIpc) is 4.10. The summed E-state index contributed by atoms with van der Waals surface area (Å²) in [6.45, 7) is 0. The van der Waals surface area contributed by atoms with Crippen LogP contribution < -0.4 is 0 Å². The van der Waals surface area contributed by atoms with E-state index in [4.69, 9.17) is 9.97 Å². The zero-order valence-electron chi connectivity index (χ0n) is 30.3. The number of H-pyrrole nitrogens is 2. The topological polar surface area (TPSA) is 74.4 Å². The molecule has 0 atom stereocenters. The molecule has 264 valence electrons. The van der Waals surface area contributed by atoms with E-state index in [2.05, 4.69) is 156 Å². The van der Waals surface area contributed by atoms with Crippen LogP contribution in [0.2, 0.25) is 0 Å². The first kappa shape index (κ1) is 33.0. The standard InChI is InChI=1S/C51H34N4O/c56-32-33-14-13-23-38(30-33)39-31-46-49(36-19-9-3-10-20-36)44-27-26-42(53-44)47(34-15-5-1-6-16-34)40-24-25-41(52-40)48(35-17-7-2-8-18-35)43-28-29-45(54-43)50(51(39)55-46)37-21-11-4-12-22-37/h1-32,52,55H. The van der Waals surface area contributed by atoms with Gasteiger partial charge in [-0.1, -0.05) is 140 Å². The van der Waals surface area contributed by atoms with E-state index in [1.54, 1.807) is 0 Å². The zero-order valence-corrected chi connectivity index (χ0v) is 30.3. The molecule has 56 heavy (non-hydrogen) atoms. The lowest BCUT2D eigenvalue weighted by Gasteiger charge is -2.08. The van der Waals surface area contributed by atoms with Crippen LogP contribution in [-0.2, 0) is 0 Å². The smallest absolute Gasteiger partial charge is 0.150 e. The van der Waals surface area contributed by atoms with Crippen molar-refractivity contribution in [2.45, 2.75) is 0 Å². The molecule has 0 saturated carbocycles. The summed E-state index contributed by atoms with van der Waals surface area (Å²) in [5.74, 6) is 0. The van der Waals surface area contributed by atoms with Gasteiger partial charge < -0.3 is 9.97 Å². The molecular weight excluding hydrogens is 685 g/mol. The Morgan fingerprint density at radius 1 is 0.375 bits per heavy atom. The van der Waals surface area contributed by atoms with Crippen LogP contribution in [0.3, 0.4) is 0 Å². The van der Waals surface area contributed by atoms with Gasteiger partial charge in [0.2, 0.25) is 0 Å². The molecule has 2 aliphatic rings. The Morgan fingerprint density at radius 3 is 1.25 bits per heavy atom. The van der Waals surface area contributed by atoms with Crippen molar-refractivity contribution in [1.82, 2.24) is 19.9 Å². The number of fused-ring (bicyclic) bond motifs is 8. The van der Waals surface area contributed by atoms with Crippen LogP contribution in [0.4, 0.5) is 0 Å². The van der Waals surface area contributed by atoms with Crippen LogP contribution in [0.5, 0.6) is 0 Å². The van der Waals surface area contributed by atoms with E-state index >= 15 is 0 Å². The number of nitrogens with zero attached hydrogens (tertiary/aromatic N) is 2. The van der Waals surface area contributed by atoms with Gasteiger partial charge >= 0.3 is 0 Å². The van der Waals surface area contributed by atoms with Gasteiger partial charge in [-0.15, -0.1) is 0 Å². The quantitative estimate of drug-likeness (QED) is 0.168. The first-order valence-corrected chi connectivity index (χ1v) is 18.7. The van der Waals surface area contributed by atoms with Crippen molar-refractivity contribution in [2.75, 3.05) is 0 Å². The number of hydrogen-bond donors (Lipinski definition) is 2. The molecular formula is C51H34N4O. The highest BCUT2D eigenvalue weighted by Crippen LogP contribution is 2.41. The zero-order chi connectivity index (χ0) is 37.4. The van der Waals surface area contributed by atoms with Crippen molar-refractivity contribution in [2.24, 2.45) is 0 Å². The summed E-state index contributed by atoms with van der Waals surface area (Å²) in [5.41, 5.74) is 17.6. The minimum Gasteiger partial charge on any atom is -0.354 e. The molecule has 2 aliphatic heterocycles. The molecule has 0 aliphatic carbocycles. The van der Waals surface area contributed by atoms with Crippen molar-refractivity contribution >= 4 is 52.7 Å². The number of carbonyl (C=O) groups excluding carboxylic acids is 1. The molecule has 5 heteroatoms. The third-order valence-corrected chi connectivity index (χ3v) is 10.4. The van der Waals surface area contributed by atoms with E-state index in [9.17, 15) is 4.79 Å². The molecule has 8 aromatic rings. The maximum Gasteiger partial charge on any atom is 0.150 e. The van der Waals surface area contributed by atoms with Gasteiger partial charge in [0.25, 0.3) is 0 Å². The Bertz CT molecular complexity index is 3010. The van der Waals surface area contributed by atoms with E-state index in [1.807, 2.05) is 42.5 Å². The van der Waals surface area contributed by atoms with Gasteiger partial charge in [0.15, 0.2) is 0 Å². The van der Waals surface area contributed by atoms with E-state index in [-0.39, 0.29) is 0 Å². The predicted octanol–water partition coefficient (Wildman–Crippen LogP) is 12.8. The van der Waals surface area contributed by atoms with Crippen molar-refractivity contribution in [3.8, 4) is 55.6 Å². The van der Waals surface area contributed by atoms with Crippen LogP contribution in [0.25, 0.3) is 102 Å². The molecule has 8 bridgehead atoms. The van der Waals surface area contributed by atoms with Crippen LogP contribution in [-0.4, -0.2) is 26.2 Å². The van der Waals surface area contributed by atoms with Gasteiger partial charge in [-0.25, -0.2) is 9.97 Å². The first-order valence-electron chi connectivity index (χ1n) is 18.7. The lowest BCUT2D eigenvalue weighted by Crippen LogP contribution is -1.90. The molecule has 5 nitrogen and oxygen atoms in total. The molecule has 0 radical (unpaired) electrons. The molecule has 5 aromatic carbocycles. The maximum absolute atomic E-state index is 12.1. The normalized spacial score (nSPS) is 11.9. The number of rotatable bonds is 6. The summed E-state index contributed by atoms with van der Waals surface area (Å²) in [7, 11) is 0. The van der Waals surface area contributed by atoms with E-state index in [1.165, 1.54) is 0 Å². The lowest BCUT2D eigenvalue weighted by molar-refractivity contribution is 0.112. The monoisotopic (exact) mass is 718 g/mol. The number of aromatic nitrogens is 4. The number of aldehydes is 1. The summed E-state index contributed by atoms with van der Waals surface area (Å²) in [6.07, 6.45) is 9.36. The highest BCUT2D eigenvalue weighted by atomic mass is 16.1. The molecule has 0 amide bonds. The maximum atomic E-state index is 12.1. The van der Waals surface area contributed by atoms with Gasteiger partial charge in [0.05, 0.1) is 28.3 Å². The fourth-order valence-corrected chi connectivity index (χ4v) is 7.93. The molecule has 0 fully saturated rings. The largest absolute Gasteiger partial charge is 0.354 e. The van der Waals surface area contributed by atoms with Crippen LogP contribution in [0.15, 0.2) is 164 Å². The van der Waals surface area contributed by atoms with E-state index in [0.717, 1.165) is 107 Å². The van der Waals surface area contributed by atoms with Gasteiger partial charge in [-0.3, -0.25) is 4.79 Å². The summed E-state index contributed by atoms with van der Waals surface area (Å²) in [5, 5.41) is 0. The van der Waals surface area contributed by atoms with Gasteiger partial charge in [0.1, 0.15) is 6.29 Å². The van der Waals surface area contributed by atoms with Crippen LogP contribution in [0.1, 0.15) is 33.1 Å². The lowest BCUT2D eigenvalue weighted by atomic mass is 9.97. The van der Waals surface area contributed by atoms with Crippen molar-refractivity contribution in [1.29, 1.82) is 0 Å². The third-order valence-electron chi connectivity index (χ3n) is 10.4. The molecule has 0 saturated heterocycles. The fourth-order valence-electron chi connectivity index (χ4n) is 7.93. The third kappa shape index (κ3) is 5.88. The summed E-state index contributed by atoms with van der Waals surface area (Å²) >= 11 is 0. The molecule has 2 N–H and O–H groups in total. The average molecular weight is 719 g/mol. The SMILES string of the molecule is O=Cc1cccc(-c2cc3[nH]c2c(-c2ccccc2)c2nc(c(-c4ccccc4)c4ccc([nH]4)c(-c4ccccc4)c4nc(c3-c3ccccc3)C=C4)C=C2)c1.